The maximum atomic E-state index is 12.8. The first-order chi connectivity index (χ1) is 11.2. The minimum absolute atomic E-state index is 0.0211. The summed E-state index contributed by atoms with van der Waals surface area (Å²) in [5, 5.41) is 20.9. The van der Waals surface area contributed by atoms with Crippen LogP contribution in [-0.2, 0) is 11.0 Å². The van der Waals surface area contributed by atoms with Crippen molar-refractivity contribution in [2.75, 3.05) is 18.4 Å². The topological polar surface area (TPSA) is 76.4 Å². The molecule has 0 unspecified atom stereocenters. The van der Waals surface area contributed by atoms with Gasteiger partial charge in [0.2, 0.25) is 0 Å². The third kappa shape index (κ3) is 4.17. The number of carbonyl (C=O) groups is 1. The number of hydrogen-bond donors (Lipinski definition) is 2. The fourth-order valence-corrected chi connectivity index (χ4v) is 2.89. The van der Waals surface area contributed by atoms with E-state index in [0.717, 1.165) is 6.07 Å². The van der Waals surface area contributed by atoms with Gasteiger partial charge in [-0.2, -0.15) is 18.4 Å². The largest absolute Gasteiger partial charge is 0.480 e. The Hall–Kier alpha value is -2.27. The molecule has 1 aliphatic carbocycles. The zero-order chi connectivity index (χ0) is 17.9. The molecule has 0 spiro atoms. The highest BCUT2D eigenvalue weighted by Crippen LogP contribution is 2.34. The van der Waals surface area contributed by atoms with Crippen LogP contribution in [0.1, 0.15) is 30.9 Å². The molecule has 24 heavy (non-hydrogen) atoms. The number of hydrogen-bond acceptors (Lipinski definition) is 4. The van der Waals surface area contributed by atoms with Crippen molar-refractivity contribution in [1.82, 2.24) is 4.90 Å². The molecule has 2 rings (SSSR count). The van der Waals surface area contributed by atoms with Crippen molar-refractivity contribution in [3.63, 3.8) is 0 Å². The number of likely N-dealkylation sites (N-methyl/N-ethyl adjacent to an activating group) is 1. The Kier molecular flexibility index (Phi) is 5.34. The summed E-state index contributed by atoms with van der Waals surface area (Å²) in [4.78, 5) is 12.6. The monoisotopic (exact) mass is 341 g/mol. The number of aliphatic carboxylic acids is 1. The van der Waals surface area contributed by atoms with Crippen LogP contribution >= 0.6 is 0 Å². The predicted molar refractivity (Wildman–Crippen MR) is 81.5 cm³/mol. The van der Waals surface area contributed by atoms with Gasteiger partial charge in [0.15, 0.2) is 0 Å². The molecular formula is C16H18F3N3O2. The van der Waals surface area contributed by atoms with Crippen LogP contribution in [0.3, 0.4) is 0 Å². The number of nitriles is 1. The molecule has 8 heteroatoms. The van der Waals surface area contributed by atoms with E-state index in [1.165, 1.54) is 12.1 Å². The summed E-state index contributed by atoms with van der Waals surface area (Å²) in [5.74, 6) is -0.880. The second-order valence-corrected chi connectivity index (χ2v) is 5.79. The maximum absolute atomic E-state index is 12.8. The number of nitrogens with one attached hydrogen (secondary N) is 1. The molecule has 1 aromatic carbocycles. The number of rotatable bonds is 6. The fraction of sp³-hybridized carbons (Fsp3) is 0.500. The smallest absolute Gasteiger partial charge is 0.417 e. The number of carboxylic acids is 1. The van der Waals surface area contributed by atoms with Crippen LogP contribution in [0.4, 0.5) is 18.9 Å². The maximum Gasteiger partial charge on any atom is 0.417 e. The summed E-state index contributed by atoms with van der Waals surface area (Å²) in [6.45, 7) is 2.49. The molecule has 0 aromatic heterocycles. The molecule has 0 amide bonds. The second kappa shape index (κ2) is 7.09. The van der Waals surface area contributed by atoms with Crippen LogP contribution in [0.5, 0.6) is 0 Å². The van der Waals surface area contributed by atoms with Crippen molar-refractivity contribution in [3.8, 4) is 6.07 Å². The van der Waals surface area contributed by atoms with E-state index >= 15 is 0 Å². The summed E-state index contributed by atoms with van der Waals surface area (Å²) in [7, 11) is 0. The van der Waals surface area contributed by atoms with Crippen LogP contribution in [0, 0.1) is 11.3 Å². The zero-order valence-corrected chi connectivity index (χ0v) is 13.1. The Bertz CT molecular complexity index is 649. The molecule has 0 radical (unpaired) electrons. The van der Waals surface area contributed by atoms with Gasteiger partial charge in [-0.25, -0.2) is 0 Å². The molecule has 5 nitrogen and oxygen atoms in total. The van der Waals surface area contributed by atoms with Crippen LogP contribution in [-0.4, -0.2) is 41.1 Å². The highest BCUT2D eigenvalue weighted by molar-refractivity contribution is 5.69. The quantitative estimate of drug-likeness (QED) is 0.832. The molecule has 1 fully saturated rings. The second-order valence-electron chi connectivity index (χ2n) is 5.79. The molecule has 0 atom stereocenters. The molecule has 0 heterocycles. The minimum atomic E-state index is -4.55. The van der Waals surface area contributed by atoms with Crippen molar-refractivity contribution in [2.45, 2.75) is 38.0 Å². The van der Waals surface area contributed by atoms with Gasteiger partial charge in [-0.15, -0.1) is 0 Å². The average molecular weight is 341 g/mol. The SMILES string of the molecule is CCN(CC(=O)O)C1CC(Nc2ccc(C(F)(F)F)c(C#N)c2)C1. The van der Waals surface area contributed by atoms with Gasteiger partial charge in [-0.1, -0.05) is 6.92 Å². The summed E-state index contributed by atoms with van der Waals surface area (Å²) in [6, 6.07) is 5.19. The molecule has 0 saturated heterocycles. The number of carboxylic acid groups (broad SMARTS) is 1. The van der Waals surface area contributed by atoms with Crippen molar-refractivity contribution < 1.29 is 23.1 Å². The lowest BCUT2D eigenvalue weighted by Gasteiger charge is -2.42. The number of halogens is 3. The fourth-order valence-electron chi connectivity index (χ4n) is 2.89. The van der Waals surface area contributed by atoms with Gasteiger partial charge in [-0.05, 0) is 37.6 Å². The number of benzene rings is 1. The normalized spacial score (nSPS) is 20.3. The van der Waals surface area contributed by atoms with Gasteiger partial charge < -0.3 is 10.4 Å². The summed E-state index contributed by atoms with van der Waals surface area (Å²) in [6.07, 6.45) is -3.13. The van der Waals surface area contributed by atoms with Crippen LogP contribution < -0.4 is 5.32 Å². The lowest BCUT2D eigenvalue weighted by Crippen LogP contribution is -2.51. The highest BCUT2D eigenvalue weighted by atomic mass is 19.4. The Morgan fingerprint density at radius 3 is 2.62 bits per heavy atom. The van der Waals surface area contributed by atoms with Gasteiger partial charge in [0, 0.05) is 17.8 Å². The van der Waals surface area contributed by atoms with Gasteiger partial charge in [0.25, 0.3) is 0 Å². The van der Waals surface area contributed by atoms with E-state index in [9.17, 15) is 18.0 Å². The van der Waals surface area contributed by atoms with E-state index in [1.807, 2.05) is 11.8 Å². The van der Waals surface area contributed by atoms with Crippen molar-refractivity contribution in [2.24, 2.45) is 0 Å². The molecule has 1 aromatic rings. The first-order valence-corrected chi connectivity index (χ1v) is 7.58. The Balaban J connectivity index is 1.97. The lowest BCUT2D eigenvalue weighted by molar-refractivity contribution is -0.139. The first-order valence-electron chi connectivity index (χ1n) is 7.58. The minimum Gasteiger partial charge on any atom is -0.480 e. The Morgan fingerprint density at radius 1 is 1.46 bits per heavy atom. The molecule has 130 valence electrons. The summed E-state index contributed by atoms with van der Waals surface area (Å²) < 4.78 is 38.3. The summed E-state index contributed by atoms with van der Waals surface area (Å²) in [5.41, 5.74) is -0.894. The third-order valence-corrected chi connectivity index (χ3v) is 4.19. The van der Waals surface area contributed by atoms with Crippen LogP contribution in [0.15, 0.2) is 18.2 Å². The van der Waals surface area contributed by atoms with E-state index in [-0.39, 0.29) is 18.6 Å². The van der Waals surface area contributed by atoms with E-state index < -0.39 is 23.3 Å². The average Bonchev–Trinajstić information content (AvgIpc) is 2.47. The van der Waals surface area contributed by atoms with E-state index in [4.69, 9.17) is 10.4 Å². The number of alkyl halides is 3. The molecule has 0 aliphatic heterocycles. The molecule has 2 N–H and O–H groups in total. The third-order valence-electron chi connectivity index (χ3n) is 4.19. The summed E-state index contributed by atoms with van der Waals surface area (Å²) >= 11 is 0. The van der Waals surface area contributed by atoms with Gasteiger partial charge in [0.1, 0.15) is 0 Å². The van der Waals surface area contributed by atoms with Crippen LogP contribution in [0.2, 0.25) is 0 Å². The van der Waals surface area contributed by atoms with Gasteiger partial charge in [0.05, 0.1) is 23.7 Å². The Morgan fingerprint density at radius 2 is 2.12 bits per heavy atom. The van der Waals surface area contributed by atoms with Crippen molar-refractivity contribution in [3.05, 3.63) is 29.3 Å². The Labute approximate surface area is 137 Å². The van der Waals surface area contributed by atoms with Crippen molar-refractivity contribution >= 4 is 11.7 Å². The molecule has 1 saturated carbocycles. The number of anilines is 1. The standard InChI is InChI=1S/C16H18F3N3O2/c1-2-22(9-15(23)24)13-6-12(7-13)21-11-3-4-14(16(17,18)19)10(5-11)8-20/h3-5,12-13,21H,2,6-7,9H2,1H3,(H,23,24). The molecular weight excluding hydrogens is 323 g/mol. The highest BCUT2D eigenvalue weighted by Gasteiger charge is 2.35. The number of nitrogens with zero attached hydrogens (tertiary/aromatic N) is 2. The molecule has 0 bridgehead atoms. The van der Waals surface area contributed by atoms with E-state index in [1.54, 1.807) is 6.07 Å². The van der Waals surface area contributed by atoms with Crippen molar-refractivity contribution in [1.29, 1.82) is 5.26 Å². The first kappa shape index (κ1) is 18.1. The van der Waals surface area contributed by atoms with Gasteiger partial charge in [-0.3, -0.25) is 9.69 Å². The molecule has 1 aliphatic rings. The van der Waals surface area contributed by atoms with E-state index in [2.05, 4.69) is 5.32 Å². The van der Waals surface area contributed by atoms with E-state index in [0.29, 0.717) is 25.1 Å². The van der Waals surface area contributed by atoms with Gasteiger partial charge >= 0.3 is 12.1 Å². The lowest BCUT2D eigenvalue weighted by atomic mass is 9.85. The zero-order valence-electron chi connectivity index (χ0n) is 13.1. The van der Waals surface area contributed by atoms with Crippen LogP contribution in [0.25, 0.3) is 0 Å². The predicted octanol–water partition coefficient (Wildman–Crippen LogP) is 2.93.